The highest BCUT2D eigenvalue weighted by molar-refractivity contribution is 5.47. The van der Waals surface area contributed by atoms with Crippen LogP contribution < -0.4 is 5.32 Å². The number of hydrogen-bond donors (Lipinski definition) is 1. The van der Waals surface area contributed by atoms with Crippen molar-refractivity contribution in [2.45, 2.75) is 52.1 Å². The summed E-state index contributed by atoms with van der Waals surface area (Å²) in [6, 6.07) is 0. The third-order valence-corrected chi connectivity index (χ3v) is 3.46. The minimum Gasteiger partial charge on any atom is -0.373 e. The first-order valence-electron chi connectivity index (χ1n) is 6.80. The Morgan fingerprint density at radius 1 is 1.22 bits per heavy atom. The Morgan fingerprint density at radius 2 is 1.94 bits per heavy atom. The summed E-state index contributed by atoms with van der Waals surface area (Å²) in [5.41, 5.74) is 2.07. The molecule has 0 atom stereocenters. The molecule has 0 amide bonds. The molecule has 0 saturated carbocycles. The van der Waals surface area contributed by atoms with E-state index in [4.69, 9.17) is 9.72 Å². The number of ether oxygens (including phenoxy) is 1. The first-order valence-corrected chi connectivity index (χ1v) is 6.80. The standard InChI is InChI=1S/C14H23N3O/c1-5-18-14(2,3)13-16-11-9-7-6-8-10(11)12(15-4)17-13/h5-9H2,1-4H3,(H,15,16,17). The van der Waals surface area contributed by atoms with Crippen LogP contribution >= 0.6 is 0 Å². The lowest BCUT2D eigenvalue weighted by Gasteiger charge is -2.26. The number of nitrogens with one attached hydrogen (secondary N) is 1. The highest BCUT2D eigenvalue weighted by atomic mass is 16.5. The maximum Gasteiger partial charge on any atom is 0.162 e. The Labute approximate surface area is 109 Å². The van der Waals surface area contributed by atoms with E-state index in [1.807, 2.05) is 27.8 Å². The normalized spacial score (nSPS) is 15.3. The van der Waals surface area contributed by atoms with Crippen LogP contribution in [0.2, 0.25) is 0 Å². The molecule has 0 bridgehead atoms. The number of aryl methyl sites for hydroxylation is 1. The average Bonchev–Trinajstić information content (AvgIpc) is 2.37. The first-order chi connectivity index (χ1) is 8.58. The zero-order chi connectivity index (χ0) is 13.2. The molecule has 100 valence electrons. The highest BCUT2D eigenvalue weighted by Crippen LogP contribution is 2.29. The van der Waals surface area contributed by atoms with Crippen molar-refractivity contribution in [1.82, 2.24) is 9.97 Å². The van der Waals surface area contributed by atoms with Gasteiger partial charge in [-0.15, -0.1) is 0 Å². The number of aromatic nitrogens is 2. The minimum absolute atomic E-state index is 0.424. The lowest BCUT2D eigenvalue weighted by Crippen LogP contribution is -2.27. The van der Waals surface area contributed by atoms with Gasteiger partial charge in [0.25, 0.3) is 0 Å². The van der Waals surface area contributed by atoms with E-state index in [0.717, 1.165) is 24.5 Å². The highest BCUT2D eigenvalue weighted by Gasteiger charge is 2.27. The Morgan fingerprint density at radius 3 is 2.61 bits per heavy atom. The van der Waals surface area contributed by atoms with Crippen LogP contribution in [0, 0.1) is 0 Å². The Kier molecular flexibility index (Phi) is 3.85. The molecule has 1 aliphatic carbocycles. The van der Waals surface area contributed by atoms with Gasteiger partial charge in [-0.2, -0.15) is 0 Å². The lowest BCUT2D eigenvalue weighted by molar-refractivity contribution is -0.0209. The summed E-state index contributed by atoms with van der Waals surface area (Å²) in [5, 5.41) is 3.20. The molecule has 1 heterocycles. The monoisotopic (exact) mass is 249 g/mol. The van der Waals surface area contributed by atoms with E-state index in [2.05, 4.69) is 10.3 Å². The van der Waals surface area contributed by atoms with Gasteiger partial charge in [-0.05, 0) is 46.5 Å². The van der Waals surface area contributed by atoms with Crippen molar-refractivity contribution in [2.24, 2.45) is 0 Å². The molecular weight excluding hydrogens is 226 g/mol. The Bertz CT molecular complexity index is 412. The summed E-state index contributed by atoms with van der Waals surface area (Å²) in [7, 11) is 1.93. The van der Waals surface area contributed by atoms with Gasteiger partial charge >= 0.3 is 0 Å². The molecule has 0 aliphatic heterocycles. The predicted molar refractivity (Wildman–Crippen MR) is 72.9 cm³/mol. The predicted octanol–water partition coefficient (Wildman–Crippen LogP) is 2.67. The molecule has 0 unspecified atom stereocenters. The van der Waals surface area contributed by atoms with E-state index in [1.54, 1.807) is 0 Å². The average molecular weight is 249 g/mol. The maximum atomic E-state index is 5.75. The molecule has 1 N–H and O–H groups in total. The zero-order valence-corrected chi connectivity index (χ0v) is 11.8. The lowest BCUT2D eigenvalue weighted by atomic mass is 9.95. The minimum atomic E-state index is -0.424. The van der Waals surface area contributed by atoms with Crippen LogP contribution in [0.1, 0.15) is 50.7 Å². The van der Waals surface area contributed by atoms with Gasteiger partial charge < -0.3 is 10.1 Å². The van der Waals surface area contributed by atoms with Gasteiger partial charge in [0.2, 0.25) is 0 Å². The fraction of sp³-hybridized carbons (Fsp3) is 0.714. The fourth-order valence-electron chi connectivity index (χ4n) is 2.50. The third kappa shape index (κ3) is 2.48. The first kappa shape index (κ1) is 13.3. The Balaban J connectivity index is 2.44. The van der Waals surface area contributed by atoms with Gasteiger partial charge in [-0.1, -0.05) is 0 Å². The van der Waals surface area contributed by atoms with Crippen LogP contribution in [0.3, 0.4) is 0 Å². The maximum absolute atomic E-state index is 5.75. The van der Waals surface area contributed by atoms with Crippen molar-refractivity contribution in [3.8, 4) is 0 Å². The Hall–Kier alpha value is -1.16. The number of rotatable bonds is 4. The molecule has 0 aromatic carbocycles. The molecule has 0 saturated heterocycles. The largest absolute Gasteiger partial charge is 0.373 e. The zero-order valence-electron chi connectivity index (χ0n) is 11.8. The number of anilines is 1. The number of hydrogen-bond acceptors (Lipinski definition) is 4. The van der Waals surface area contributed by atoms with Gasteiger partial charge in [-0.3, -0.25) is 0 Å². The number of fused-ring (bicyclic) bond motifs is 1. The fourth-order valence-corrected chi connectivity index (χ4v) is 2.50. The molecule has 1 aliphatic rings. The van der Waals surface area contributed by atoms with Crippen LogP contribution in [0.4, 0.5) is 5.82 Å². The van der Waals surface area contributed by atoms with Crippen molar-refractivity contribution in [1.29, 1.82) is 0 Å². The van der Waals surface area contributed by atoms with Crippen molar-refractivity contribution in [3.05, 3.63) is 17.1 Å². The summed E-state index contributed by atoms with van der Waals surface area (Å²) in [6.45, 7) is 6.72. The number of nitrogens with zero attached hydrogens (tertiary/aromatic N) is 2. The summed E-state index contributed by atoms with van der Waals surface area (Å²) >= 11 is 0. The molecule has 0 radical (unpaired) electrons. The smallest absolute Gasteiger partial charge is 0.162 e. The van der Waals surface area contributed by atoms with E-state index < -0.39 is 5.60 Å². The van der Waals surface area contributed by atoms with Crippen LogP contribution in [0.15, 0.2) is 0 Å². The van der Waals surface area contributed by atoms with Gasteiger partial charge in [0.15, 0.2) is 5.82 Å². The van der Waals surface area contributed by atoms with Gasteiger partial charge in [0, 0.05) is 24.9 Å². The van der Waals surface area contributed by atoms with E-state index in [1.165, 1.54) is 24.1 Å². The second-order valence-electron chi connectivity index (χ2n) is 5.22. The molecule has 18 heavy (non-hydrogen) atoms. The molecule has 1 aromatic heterocycles. The van der Waals surface area contributed by atoms with Crippen molar-refractivity contribution >= 4 is 5.82 Å². The topological polar surface area (TPSA) is 47.0 Å². The van der Waals surface area contributed by atoms with Gasteiger partial charge in [0.1, 0.15) is 11.4 Å². The van der Waals surface area contributed by atoms with E-state index >= 15 is 0 Å². The molecule has 0 fully saturated rings. The van der Waals surface area contributed by atoms with Gasteiger partial charge in [0.05, 0.1) is 0 Å². The summed E-state index contributed by atoms with van der Waals surface area (Å²) in [6.07, 6.45) is 4.60. The molecule has 4 heteroatoms. The third-order valence-electron chi connectivity index (χ3n) is 3.46. The SMILES string of the molecule is CCOC(C)(C)c1nc2c(c(NC)n1)CCCC2. The van der Waals surface area contributed by atoms with Crippen molar-refractivity contribution in [3.63, 3.8) is 0 Å². The second kappa shape index (κ2) is 5.22. The van der Waals surface area contributed by atoms with Crippen molar-refractivity contribution < 1.29 is 4.74 Å². The van der Waals surface area contributed by atoms with Crippen LogP contribution in [-0.2, 0) is 23.2 Å². The molecule has 4 nitrogen and oxygen atoms in total. The van der Waals surface area contributed by atoms with Gasteiger partial charge in [-0.25, -0.2) is 9.97 Å². The summed E-state index contributed by atoms with van der Waals surface area (Å²) in [5.74, 6) is 1.76. The van der Waals surface area contributed by atoms with E-state index in [-0.39, 0.29) is 0 Å². The summed E-state index contributed by atoms with van der Waals surface area (Å²) < 4.78 is 5.75. The van der Waals surface area contributed by atoms with E-state index in [0.29, 0.717) is 6.61 Å². The van der Waals surface area contributed by atoms with Crippen LogP contribution in [-0.4, -0.2) is 23.6 Å². The molecule has 1 aromatic rings. The second-order valence-corrected chi connectivity index (χ2v) is 5.22. The molecule has 0 spiro atoms. The van der Waals surface area contributed by atoms with Crippen molar-refractivity contribution in [2.75, 3.05) is 19.0 Å². The summed E-state index contributed by atoms with van der Waals surface area (Å²) in [4.78, 5) is 9.38. The van der Waals surface area contributed by atoms with Crippen LogP contribution in [0.5, 0.6) is 0 Å². The molecular formula is C14H23N3O. The van der Waals surface area contributed by atoms with E-state index in [9.17, 15) is 0 Å². The molecule has 2 rings (SSSR count). The quantitative estimate of drug-likeness (QED) is 0.891. The van der Waals surface area contributed by atoms with Crippen LogP contribution in [0.25, 0.3) is 0 Å².